The fraction of sp³-hybridized carbons (Fsp3) is 0. The minimum absolute atomic E-state index is 0.0690. The van der Waals surface area contributed by atoms with Gasteiger partial charge in [0.15, 0.2) is 17.5 Å². The third kappa shape index (κ3) is 5.35. The van der Waals surface area contributed by atoms with Crippen LogP contribution in [0.25, 0.3) is 83.9 Å². The molecule has 2 heterocycles. The summed E-state index contributed by atoms with van der Waals surface area (Å²) in [5.41, 5.74) is 3.40. The molecule has 0 N–H and O–H groups in total. The van der Waals surface area contributed by atoms with Gasteiger partial charge in [0, 0.05) is 33.2 Å². The second-order valence-electron chi connectivity index (χ2n) is 11.2. The van der Waals surface area contributed by atoms with Gasteiger partial charge in [-0.25, -0.2) is 15.0 Å². The van der Waals surface area contributed by atoms with Crippen molar-refractivity contribution in [3.05, 3.63) is 182 Å². The van der Waals surface area contributed by atoms with E-state index in [1.807, 2.05) is 84.9 Å². The van der Waals surface area contributed by atoms with E-state index >= 15 is 0 Å². The molecular weight excluding hydrogens is 597 g/mol. The molecule has 0 saturated heterocycles. The molecule has 0 fully saturated rings. The minimum atomic E-state index is -0.687. The Morgan fingerprint density at radius 3 is 1.69 bits per heavy atom. The number of nitrogens with zero attached hydrogens (tertiary/aromatic N) is 4. The number of hydrogen-bond donors (Lipinski definition) is 0. The second kappa shape index (κ2) is 12.2. The molecule has 0 aliphatic rings. The largest absolute Gasteiger partial charge is 0.309 e. The fourth-order valence-corrected chi connectivity index (χ4v) is 5.85. The van der Waals surface area contributed by atoms with Gasteiger partial charge >= 0.3 is 0 Å². The van der Waals surface area contributed by atoms with Crippen LogP contribution in [-0.4, -0.2) is 19.5 Å². The van der Waals surface area contributed by atoms with Crippen molar-refractivity contribution in [2.75, 3.05) is 0 Å². The van der Waals surface area contributed by atoms with Crippen LogP contribution >= 0.6 is 0 Å². The summed E-state index contributed by atoms with van der Waals surface area (Å²) in [6.45, 7) is 0. The van der Waals surface area contributed by atoms with E-state index in [0.29, 0.717) is 28.7 Å². The lowest BCUT2D eigenvalue weighted by Crippen LogP contribution is -2.00. The van der Waals surface area contributed by atoms with Gasteiger partial charge in [-0.05, 0) is 70.7 Å². The first-order valence-electron chi connectivity index (χ1n) is 21.5. The summed E-state index contributed by atoms with van der Waals surface area (Å²) >= 11 is 0. The predicted molar refractivity (Wildman–Crippen MR) is 201 cm³/mol. The first-order valence-corrected chi connectivity index (χ1v) is 15.5. The van der Waals surface area contributed by atoms with Crippen molar-refractivity contribution < 1.29 is 16.4 Å². The van der Waals surface area contributed by atoms with Gasteiger partial charge < -0.3 is 4.57 Å². The molecule has 0 aliphatic carbocycles. The molecule has 9 aromatic rings. The van der Waals surface area contributed by atoms with E-state index in [1.165, 1.54) is 4.57 Å². The first kappa shape index (κ1) is 18.6. The van der Waals surface area contributed by atoms with Gasteiger partial charge in [-0.2, -0.15) is 0 Å². The smallest absolute Gasteiger partial charge is 0.164 e. The van der Waals surface area contributed by atoms with Gasteiger partial charge in [-0.1, -0.05) is 133 Å². The van der Waals surface area contributed by atoms with Crippen LogP contribution in [-0.2, 0) is 0 Å². The van der Waals surface area contributed by atoms with Gasteiger partial charge in [-0.3, -0.25) is 0 Å². The van der Waals surface area contributed by atoms with E-state index in [9.17, 15) is 2.74 Å². The molecule has 230 valence electrons. The SMILES string of the molecule is [2H]c1c([2H])c([2H])c(-c2c([2H])c([2H])c3c(c2[2H])c2c([2H])c([2H])c([2H])c([2H])c2n3-c2ccc(-c3nc(-c4ccccc4)nc(-c4cccc(-c5ccccc5)c4)n3)cc2)c([2H])c1[2H]. The Hall–Kier alpha value is -6.65. The van der Waals surface area contributed by atoms with Crippen LogP contribution in [0.3, 0.4) is 0 Å². The maximum Gasteiger partial charge on any atom is 0.164 e. The normalized spacial score (nSPS) is 14.7. The summed E-state index contributed by atoms with van der Waals surface area (Å²) in [6, 6.07) is 26.9. The third-order valence-corrected chi connectivity index (χ3v) is 8.19. The number of aromatic nitrogens is 4. The number of para-hydroxylation sites is 1. The highest BCUT2D eigenvalue weighted by atomic mass is 15.0. The van der Waals surface area contributed by atoms with E-state index < -0.39 is 83.6 Å². The van der Waals surface area contributed by atoms with Gasteiger partial charge in [0.1, 0.15) is 0 Å². The van der Waals surface area contributed by atoms with E-state index in [0.717, 1.165) is 22.3 Å². The molecule has 49 heavy (non-hydrogen) atoms. The standard InChI is InChI=1S/C45H30N4/c1-4-13-31(14-5-1)35-19-12-20-37(29-35)45-47-43(33-17-8-3-9-18-33)46-44(48-45)34-23-26-38(27-24-34)49-41-22-11-10-21-39(41)40-30-36(25-28-42(40)49)32-15-6-2-7-16-32/h1-30H/i2D,6D,7D,10D,11D,15D,16D,21D,22D,25D,28D,30D. The van der Waals surface area contributed by atoms with Crippen LogP contribution in [0.5, 0.6) is 0 Å². The third-order valence-electron chi connectivity index (χ3n) is 8.19. The van der Waals surface area contributed by atoms with Crippen LogP contribution in [0.4, 0.5) is 0 Å². The molecule has 2 aromatic heterocycles. The maximum absolute atomic E-state index is 9.41. The number of rotatable bonds is 6. The lowest BCUT2D eigenvalue weighted by Gasteiger charge is -2.11. The van der Waals surface area contributed by atoms with E-state index in [-0.39, 0.29) is 21.8 Å². The molecular formula is C45H30N4. The van der Waals surface area contributed by atoms with E-state index in [4.69, 9.17) is 28.7 Å². The predicted octanol–water partition coefficient (Wildman–Crippen LogP) is 11.3. The van der Waals surface area contributed by atoms with Crippen molar-refractivity contribution in [1.82, 2.24) is 19.5 Å². The molecule has 9 rings (SSSR count). The summed E-state index contributed by atoms with van der Waals surface area (Å²) in [7, 11) is 0. The Bertz CT molecular complexity index is 3240. The Balaban J connectivity index is 1.26. The molecule has 0 atom stereocenters. The number of benzene rings is 7. The molecule has 0 unspecified atom stereocenters. The van der Waals surface area contributed by atoms with E-state index in [2.05, 4.69) is 0 Å². The van der Waals surface area contributed by atoms with Crippen LogP contribution in [0.15, 0.2) is 182 Å². The maximum atomic E-state index is 9.41. The zero-order valence-corrected chi connectivity index (χ0v) is 25.7. The molecule has 4 nitrogen and oxygen atoms in total. The molecule has 0 amide bonds. The van der Waals surface area contributed by atoms with Crippen molar-refractivity contribution in [3.8, 4) is 62.1 Å². The summed E-state index contributed by atoms with van der Waals surface area (Å²) in [6.07, 6.45) is 0. The summed E-state index contributed by atoms with van der Waals surface area (Å²) < 4.78 is 106. The molecule has 0 bridgehead atoms. The van der Waals surface area contributed by atoms with Gasteiger partial charge in [0.05, 0.1) is 27.5 Å². The molecule has 4 heteroatoms. The Morgan fingerprint density at radius 1 is 0.388 bits per heavy atom. The quantitative estimate of drug-likeness (QED) is 0.182. The number of fused-ring (bicyclic) bond motifs is 3. The Kier molecular flexibility index (Phi) is 4.63. The van der Waals surface area contributed by atoms with Crippen LogP contribution in [0.1, 0.15) is 16.4 Å². The van der Waals surface area contributed by atoms with Crippen molar-refractivity contribution in [2.45, 2.75) is 0 Å². The molecule has 0 aliphatic heterocycles. The average molecular weight is 639 g/mol. The van der Waals surface area contributed by atoms with Crippen LogP contribution < -0.4 is 0 Å². The molecule has 0 saturated carbocycles. The first-order chi connectivity index (χ1) is 29.3. The molecule has 0 spiro atoms. The highest BCUT2D eigenvalue weighted by Crippen LogP contribution is 2.35. The lowest BCUT2D eigenvalue weighted by molar-refractivity contribution is 1.07. The van der Waals surface area contributed by atoms with E-state index in [1.54, 1.807) is 24.3 Å². The summed E-state index contributed by atoms with van der Waals surface area (Å²) in [5, 5.41) is -0.259. The van der Waals surface area contributed by atoms with Crippen molar-refractivity contribution in [3.63, 3.8) is 0 Å². The van der Waals surface area contributed by atoms with Gasteiger partial charge in [-0.15, -0.1) is 0 Å². The monoisotopic (exact) mass is 638 g/mol. The van der Waals surface area contributed by atoms with Crippen molar-refractivity contribution >= 4 is 21.8 Å². The van der Waals surface area contributed by atoms with Crippen LogP contribution in [0.2, 0.25) is 0 Å². The fourth-order valence-electron chi connectivity index (χ4n) is 5.85. The van der Waals surface area contributed by atoms with Crippen molar-refractivity contribution in [1.29, 1.82) is 0 Å². The second-order valence-corrected chi connectivity index (χ2v) is 11.2. The summed E-state index contributed by atoms with van der Waals surface area (Å²) in [4.78, 5) is 14.6. The lowest BCUT2D eigenvalue weighted by atomic mass is 10.0. The van der Waals surface area contributed by atoms with Gasteiger partial charge in [0.2, 0.25) is 0 Å². The Morgan fingerprint density at radius 2 is 0.959 bits per heavy atom. The van der Waals surface area contributed by atoms with Gasteiger partial charge in [0.25, 0.3) is 0 Å². The molecule has 0 radical (unpaired) electrons. The molecule has 7 aromatic carbocycles. The Labute approximate surface area is 301 Å². The van der Waals surface area contributed by atoms with Crippen LogP contribution in [0, 0.1) is 0 Å². The zero-order chi connectivity index (χ0) is 43.0. The summed E-state index contributed by atoms with van der Waals surface area (Å²) in [5.74, 6) is 1.22. The minimum Gasteiger partial charge on any atom is -0.309 e. The van der Waals surface area contributed by atoms with Crippen molar-refractivity contribution in [2.24, 2.45) is 0 Å². The zero-order valence-electron chi connectivity index (χ0n) is 37.7. The average Bonchev–Trinajstić information content (AvgIpc) is 3.66. The highest BCUT2D eigenvalue weighted by molar-refractivity contribution is 6.10. The highest BCUT2D eigenvalue weighted by Gasteiger charge is 2.16. The topological polar surface area (TPSA) is 43.6 Å². The number of hydrogen-bond acceptors (Lipinski definition) is 3.